The van der Waals surface area contributed by atoms with Crippen LogP contribution >= 0.6 is 22.9 Å². The van der Waals surface area contributed by atoms with E-state index in [0.717, 1.165) is 5.01 Å². The van der Waals surface area contributed by atoms with Gasteiger partial charge in [0.2, 0.25) is 5.91 Å². The number of halogens is 1. The lowest BCUT2D eigenvalue weighted by atomic mass is 10.2. The second-order valence-corrected chi connectivity index (χ2v) is 8.02. The number of hydrazone groups is 1. The highest BCUT2D eigenvalue weighted by Crippen LogP contribution is 2.27. The number of amides is 2. The fourth-order valence-electron chi connectivity index (χ4n) is 2.65. The van der Waals surface area contributed by atoms with E-state index in [4.69, 9.17) is 21.1 Å². The Hall–Kier alpha value is -3.43. The van der Waals surface area contributed by atoms with E-state index in [1.165, 1.54) is 24.7 Å². The molecule has 0 radical (unpaired) electrons. The Morgan fingerprint density at radius 1 is 1.19 bits per heavy atom. The molecule has 8 nitrogen and oxygen atoms in total. The van der Waals surface area contributed by atoms with Crippen LogP contribution < -0.4 is 20.2 Å². The van der Waals surface area contributed by atoms with Gasteiger partial charge in [-0.1, -0.05) is 23.7 Å². The Balaban J connectivity index is 1.53. The molecule has 0 aliphatic heterocycles. The molecule has 0 bridgehead atoms. The van der Waals surface area contributed by atoms with Gasteiger partial charge in [-0.15, -0.1) is 11.3 Å². The van der Waals surface area contributed by atoms with E-state index in [1.54, 1.807) is 42.5 Å². The van der Waals surface area contributed by atoms with Crippen LogP contribution in [0.15, 0.2) is 52.9 Å². The van der Waals surface area contributed by atoms with Crippen LogP contribution in [-0.4, -0.2) is 36.7 Å². The van der Waals surface area contributed by atoms with Gasteiger partial charge in [0.15, 0.2) is 18.1 Å². The summed E-state index contributed by atoms with van der Waals surface area (Å²) >= 11 is 7.53. The quantitative estimate of drug-likeness (QED) is 0.364. The lowest BCUT2D eigenvalue weighted by molar-refractivity contribution is -0.120. The summed E-state index contributed by atoms with van der Waals surface area (Å²) in [4.78, 5) is 28.3. The van der Waals surface area contributed by atoms with Crippen LogP contribution in [0.2, 0.25) is 5.02 Å². The fourth-order valence-corrected chi connectivity index (χ4v) is 3.44. The SMILES string of the molecule is COc1cc(/C=N/NC(=O)Cc2csc(C)n2)ccc1OCC(=O)Nc1ccccc1Cl. The number of anilines is 1. The lowest BCUT2D eigenvalue weighted by Gasteiger charge is -2.12. The van der Waals surface area contributed by atoms with Gasteiger partial charge in [-0.3, -0.25) is 9.59 Å². The number of ether oxygens (including phenoxy) is 2. The van der Waals surface area contributed by atoms with Gasteiger partial charge in [-0.05, 0) is 42.8 Å². The number of aryl methyl sites for hydroxylation is 1. The van der Waals surface area contributed by atoms with Gasteiger partial charge in [0, 0.05) is 5.38 Å². The number of nitrogens with one attached hydrogen (secondary N) is 2. The Bertz CT molecular complexity index is 1130. The summed E-state index contributed by atoms with van der Waals surface area (Å²) in [5.74, 6) is 0.192. The number of thiazole rings is 1. The van der Waals surface area contributed by atoms with Crippen molar-refractivity contribution in [3.8, 4) is 11.5 Å². The summed E-state index contributed by atoms with van der Waals surface area (Å²) in [6.07, 6.45) is 1.65. The average Bonchev–Trinajstić information content (AvgIpc) is 3.18. The molecule has 3 rings (SSSR count). The number of rotatable bonds is 9. The van der Waals surface area contributed by atoms with Crippen LogP contribution in [-0.2, 0) is 16.0 Å². The number of nitrogens with zero attached hydrogens (tertiary/aromatic N) is 2. The van der Waals surface area contributed by atoms with Gasteiger partial charge >= 0.3 is 0 Å². The number of carbonyl (C=O) groups is 2. The molecule has 0 saturated carbocycles. The predicted molar refractivity (Wildman–Crippen MR) is 125 cm³/mol. The Labute approximate surface area is 194 Å². The van der Waals surface area contributed by atoms with Crippen LogP contribution in [0.5, 0.6) is 11.5 Å². The van der Waals surface area contributed by atoms with Crippen molar-refractivity contribution in [2.24, 2.45) is 5.10 Å². The molecule has 1 heterocycles. The van der Waals surface area contributed by atoms with E-state index < -0.39 is 0 Å². The molecule has 2 N–H and O–H groups in total. The minimum atomic E-state index is -0.358. The third kappa shape index (κ3) is 6.79. The van der Waals surface area contributed by atoms with Crippen LogP contribution in [0.3, 0.4) is 0 Å². The number of carbonyl (C=O) groups excluding carboxylic acids is 2. The monoisotopic (exact) mass is 472 g/mol. The topological polar surface area (TPSA) is 102 Å². The van der Waals surface area contributed by atoms with Crippen molar-refractivity contribution in [1.82, 2.24) is 10.4 Å². The summed E-state index contributed by atoms with van der Waals surface area (Å²) in [6.45, 7) is 1.66. The van der Waals surface area contributed by atoms with Crippen molar-refractivity contribution < 1.29 is 19.1 Å². The molecule has 0 fully saturated rings. The Morgan fingerprint density at radius 3 is 2.72 bits per heavy atom. The lowest BCUT2D eigenvalue weighted by Crippen LogP contribution is -2.20. The number of hydrogen-bond donors (Lipinski definition) is 2. The number of methoxy groups -OCH3 is 1. The zero-order chi connectivity index (χ0) is 22.9. The average molecular weight is 473 g/mol. The second kappa shape index (κ2) is 11.3. The van der Waals surface area contributed by atoms with E-state index >= 15 is 0 Å². The third-order valence-electron chi connectivity index (χ3n) is 4.11. The van der Waals surface area contributed by atoms with Crippen molar-refractivity contribution in [1.29, 1.82) is 0 Å². The highest BCUT2D eigenvalue weighted by atomic mass is 35.5. The van der Waals surface area contributed by atoms with Crippen molar-refractivity contribution >= 4 is 46.7 Å². The first-order chi connectivity index (χ1) is 15.4. The molecule has 0 aliphatic rings. The van der Waals surface area contributed by atoms with Crippen LogP contribution in [0.1, 0.15) is 16.3 Å². The smallest absolute Gasteiger partial charge is 0.262 e. The van der Waals surface area contributed by atoms with Gasteiger partial charge in [0.1, 0.15) is 0 Å². The summed E-state index contributed by atoms with van der Waals surface area (Å²) in [5, 5.41) is 9.84. The van der Waals surface area contributed by atoms with E-state index in [1.807, 2.05) is 12.3 Å². The normalized spacial score (nSPS) is 10.7. The van der Waals surface area contributed by atoms with Crippen molar-refractivity contribution in [2.75, 3.05) is 19.0 Å². The number of benzene rings is 2. The van der Waals surface area contributed by atoms with Gasteiger partial charge in [-0.2, -0.15) is 5.10 Å². The van der Waals surface area contributed by atoms with E-state index in [-0.39, 0.29) is 24.8 Å². The van der Waals surface area contributed by atoms with Gasteiger partial charge in [-0.25, -0.2) is 10.4 Å². The summed E-state index contributed by atoms with van der Waals surface area (Å²) < 4.78 is 10.9. The number of hydrogen-bond acceptors (Lipinski definition) is 7. The molecular weight excluding hydrogens is 452 g/mol. The van der Waals surface area contributed by atoms with E-state index in [2.05, 4.69) is 20.8 Å². The minimum absolute atomic E-state index is 0.161. The standard InChI is InChI=1S/C22H21ClN4O4S/c1-14-25-16(13-32-14)10-21(28)27-24-11-15-7-8-19(20(9-15)30-2)31-12-22(29)26-18-6-4-3-5-17(18)23/h3-9,11,13H,10,12H2,1-2H3,(H,26,29)(H,27,28)/b24-11+. The predicted octanol–water partition coefficient (Wildman–Crippen LogP) is 3.82. The first-order valence-corrected chi connectivity index (χ1v) is 10.8. The maximum Gasteiger partial charge on any atom is 0.262 e. The van der Waals surface area contributed by atoms with E-state index in [9.17, 15) is 9.59 Å². The molecule has 1 aromatic heterocycles. The summed E-state index contributed by atoms with van der Waals surface area (Å²) in [7, 11) is 1.49. The molecule has 3 aromatic rings. The molecule has 166 valence electrons. The van der Waals surface area contributed by atoms with Crippen molar-refractivity contribution in [2.45, 2.75) is 13.3 Å². The largest absolute Gasteiger partial charge is 0.493 e. The molecule has 32 heavy (non-hydrogen) atoms. The highest BCUT2D eigenvalue weighted by molar-refractivity contribution is 7.09. The van der Waals surface area contributed by atoms with Gasteiger partial charge < -0.3 is 14.8 Å². The molecular formula is C22H21ClN4O4S. The Kier molecular flexibility index (Phi) is 8.18. The zero-order valence-corrected chi connectivity index (χ0v) is 19.0. The zero-order valence-electron chi connectivity index (χ0n) is 17.4. The number of aromatic nitrogens is 1. The van der Waals surface area contributed by atoms with Crippen molar-refractivity contribution in [3.05, 3.63) is 69.1 Å². The summed E-state index contributed by atoms with van der Waals surface area (Å²) in [5.41, 5.74) is 4.37. The molecule has 0 saturated heterocycles. The molecule has 0 aliphatic carbocycles. The molecule has 0 spiro atoms. The fraction of sp³-hybridized carbons (Fsp3) is 0.182. The second-order valence-electron chi connectivity index (χ2n) is 6.55. The summed E-state index contributed by atoms with van der Waals surface area (Å²) in [6, 6.07) is 12.0. The van der Waals surface area contributed by atoms with E-state index in [0.29, 0.717) is 33.5 Å². The van der Waals surface area contributed by atoms with Crippen LogP contribution in [0.25, 0.3) is 0 Å². The molecule has 0 atom stereocenters. The number of para-hydroxylation sites is 1. The van der Waals surface area contributed by atoms with Crippen LogP contribution in [0.4, 0.5) is 5.69 Å². The maximum absolute atomic E-state index is 12.1. The first kappa shape index (κ1) is 23.2. The maximum atomic E-state index is 12.1. The molecule has 2 amide bonds. The molecule has 10 heteroatoms. The first-order valence-electron chi connectivity index (χ1n) is 9.52. The van der Waals surface area contributed by atoms with Crippen LogP contribution in [0, 0.1) is 6.92 Å². The van der Waals surface area contributed by atoms with Crippen molar-refractivity contribution in [3.63, 3.8) is 0 Å². The molecule has 0 unspecified atom stereocenters. The molecule has 2 aromatic carbocycles. The van der Waals surface area contributed by atoms with Gasteiger partial charge in [0.25, 0.3) is 5.91 Å². The highest BCUT2D eigenvalue weighted by Gasteiger charge is 2.10. The third-order valence-corrected chi connectivity index (χ3v) is 5.26. The van der Waals surface area contributed by atoms with Gasteiger partial charge in [0.05, 0.1) is 41.2 Å². The Morgan fingerprint density at radius 2 is 2.00 bits per heavy atom. The minimum Gasteiger partial charge on any atom is -0.493 e.